The van der Waals surface area contributed by atoms with Crippen molar-refractivity contribution in [1.29, 1.82) is 0 Å². The van der Waals surface area contributed by atoms with Gasteiger partial charge in [-0.15, -0.1) is 0 Å². The summed E-state index contributed by atoms with van der Waals surface area (Å²) < 4.78 is 20.3. The molecule has 0 unspecified atom stereocenters. The van der Waals surface area contributed by atoms with Crippen LogP contribution in [0.1, 0.15) is 33.3 Å². The van der Waals surface area contributed by atoms with Crippen LogP contribution in [0.5, 0.6) is 5.75 Å². The van der Waals surface area contributed by atoms with Gasteiger partial charge in [0.2, 0.25) is 0 Å². The molecule has 0 radical (unpaired) electrons. The van der Waals surface area contributed by atoms with Gasteiger partial charge in [-0.05, 0) is 63.8 Å². The van der Waals surface area contributed by atoms with Crippen LogP contribution in [0, 0.1) is 6.92 Å². The second-order valence-corrected chi connectivity index (χ2v) is 8.94. The summed E-state index contributed by atoms with van der Waals surface area (Å²) in [5.41, 5.74) is 0.785. The zero-order valence-electron chi connectivity index (χ0n) is 19.0. The van der Waals surface area contributed by atoms with Crippen molar-refractivity contribution in [1.82, 2.24) is 9.13 Å². The number of benzene rings is 2. The number of hydrogen-bond donors (Lipinski definition) is 0. The van der Waals surface area contributed by atoms with Gasteiger partial charge in [0, 0.05) is 13.1 Å². The maximum absolute atomic E-state index is 13.3. The van der Waals surface area contributed by atoms with E-state index < -0.39 is 24.0 Å². The summed E-state index contributed by atoms with van der Waals surface area (Å²) in [4.78, 5) is 26.6. The number of aryl methyl sites for hydroxylation is 1. The molecule has 0 bridgehead atoms. The van der Waals surface area contributed by atoms with Crippen molar-refractivity contribution in [2.75, 3.05) is 7.11 Å². The Balaban J connectivity index is 1.92. The van der Waals surface area contributed by atoms with Crippen LogP contribution in [-0.4, -0.2) is 34.6 Å². The van der Waals surface area contributed by atoms with E-state index in [9.17, 15) is 9.59 Å². The Bertz CT molecular complexity index is 1290. The normalized spacial score (nSPS) is 17.3. The Hall–Kier alpha value is -2.84. The molecule has 0 spiro atoms. The Morgan fingerprint density at radius 3 is 2.26 bits per heavy atom. The molecular weight excluding hydrogens is 395 g/mol. The van der Waals surface area contributed by atoms with Crippen LogP contribution < -0.4 is 21.4 Å². The van der Waals surface area contributed by atoms with Crippen LogP contribution in [0.25, 0.3) is 16.6 Å². The monoisotopic (exact) mass is 422 g/mol. The fraction of sp³-hybridized carbons (Fsp3) is 0.391. The van der Waals surface area contributed by atoms with E-state index in [0.29, 0.717) is 22.3 Å². The fourth-order valence-electron chi connectivity index (χ4n) is 3.88. The van der Waals surface area contributed by atoms with Crippen molar-refractivity contribution in [2.24, 2.45) is 7.05 Å². The first kappa shape index (κ1) is 21.4. The Kier molecular flexibility index (Phi) is 4.90. The lowest BCUT2D eigenvalue weighted by Crippen LogP contribution is -2.41. The molecule has 162 valence electrons. The molecule has 4 rings (SSSR count). The van der Waals surface area contributed by atoms with E-state index >= 15 is 0 Å². The van der Waals surface area contributed by atoms with E-state index in [4.69, 9.17) is 14.0 Å². The van der Waals surface area contributed by atoms with Crippen molar-refractivity contribution >= 4 is 23.5 Å². The molecule has 1 aromatic heterocycles. The number of nitrogens with zero attached hydrogens (tertiary/aromatic N) is 2. The van der Waals surface area contributed by atoms with Crippen LogP contribution in [-0.2, 0) is 16.4 Å². The molecule has 7 nitrogen and oxygen atoms in total. The van der Waals surface area contributed by atoms with E-state index in [1.54, 1.807) is 38.4 Å². The van der Waals surface area contributed by atoms with Gasteiger partial charge in [-0.1, -0.05) is 12.1 Å². The molecule has 1 aliphatic rings. The van der Waals surface area contributed by atoms with Crippen molar-refractivity contribution in [3.63, 3.8) is 0 Å². The third-order valence-corrected chi connectivity index (χ3v) is 6.57. The lowest BCUT2D eigenvalue weighted by atomic mass is 9.76. The molecule has 0 aliphatic carbocycles. The van der Waals surface area contributed by atoms with E-state index in [1.807, 2.05) is 46.8 Å². The van der Waals surface area contributed by atoms with Crippen LogP contribution >= 0.6 is 0 Å². The minimum atomic E-state index is -0.589. The maximum Gasteiger partial charge on any atom is 0.495 e. The average molecular weight is 422 g/mol. The molecule has 0 saturated carbocycles. The minimum absolute atomic E-state index is 0.380. The van der Waals surface area contributed by atoms with E-state index in [0.717, 1.165) is 11.0 Å². The third-order valence-electron chi connectivity index (χ3n) is 6.57. The second-order valence-electron chi connectivity index (χ2n) is 8.94. The summed E-state index contributed by atoms with van der Waals surface area (Å²) >= 11 is 0. The highest BCUT2D eigenvalue weighted by Crippen LogP contribution is 2.36. The largest absolute Gasteiger partial charge is 0.497 e. The van der Waals surface area contributed by atoms with Crippen LogP contribution in [0.2, 0.25) is 0 Å². The summed E-state index contributed by atoms with van der Waals surface area (Å²) in [7, 11) is 2.60. The van der Waals surface area contributed by atoms with Gasteiger partial charge in [0.25, 0.3) is 5.56 Å². The van der Waals surface area contributed by atoms with Crippen molar-refractivity contribution in [2.45, 2.75) is 45.8 Å². The minimum Gasteiger partial charge on any atom is -0.497 e. The highest BCUT2D eigenvalue weighted by atomic mass is 16.7. The molecule has 1 saturated heterocycles. The van der Waals surface area contributed by atoms with Gasteiger partial charge < -0.3 is 14.0 Å². The number of aromatic nitrogens is 2. The van der Waals surface area contributed by atoms with E-state index in [1.165, 1.54) is 9.13 Å². The zero-order valence-corrected chi connectivity index (χ0v) is 19.0. The van der Waals surface area contributed by atoms with E-state index in [2.05, 4.69) is 0 Å². The molecule has 1 fully saturated rings. The molecular formula is C23H27BN2O5. The molecule has 2 aromatic carbocycles. The molecule has 2 heterocycles. The zero-order chi connectivity index (χ0) is 22.7. The Labute approximate surface area is 181 Å². The first-order valence-electron chi connectivity index (χ1n) is 10.2. The first-order chi connectivity index (χ1) is 14.5. The number of hydrogen-bond acceptors (Lipinski definition) is 5. The highest BCUT2D eigenvalue weighted by molar-refractivity contribution is 6.62. The van der Waals surface area contributed by atoms with Gasteiger partial charge in [0.05, 0.1) is 34.9 Å². The van der Waals surface area contributed by atoms with Gasteiger partial charge >= 0.3 is 12.8 Å². The Morgan fingerprint density at radius 1 is 1.00 bits per heavy atom. The maximum atomic E-state index is 13.3. The van der Waals surface area contributed by atoms with Gasteiger partial charge in [-0.3, -0.25) is 9.36 Å². The standard InChI is InChI=1S/C23H27BN2O5/c1-14-17(24-30-22(2,3)23(4,5)31-24)9-8-10-18(14)26-20(27)16-12-11-15(29-7)13-19(16)25(6)21(26)28/h8-13H,1-7H3. The molecule has 0 atom stereocenters. The predicted molar refractivity (Wildman–Crippen MR) is 122 cm³/mol. The van der Waals surface area contributed by atoms with E-state index in [-0.39, 0.29) is 5.56 Å². The molecule has 0 N–H and O–H groups in total. The fourth-order valence-corrected chi connectivity index (χ4v) is 3.88. The predicted octanol–water partition coefficient (Wildman–Crippen LogP) is 2.31. The topological polar surface area (TPSA) is 71.7 Å². The smallest absolute Gasteiger partial charge is 0.495 e. The van der Waals surface area contributed by atoms with Gasteiger partial charge in [0.1, 0.15) is 5.75 Å². The summed E-state index contributed by atoms with van der Waals surface area (Å²) in [6.07, 6.45) is 0. The van der Waals surface area contributed by atoms with Crippen molar-refractivity contribution in [3.05, 3.63) is 62.8 Å². The van der Waals surface area contributed by atoms with Crippen LogP contribution in [0.4, 0.5) is 0 Å². The molecule has 31 heavy (non-hydrogen) atoms. The molecule has 0 amide bonds. The first-order valence-corrected chi connectivity index (χ1v) is 10.2. The summed E-state index contributed by atoms with van der Waals surface area (Å²) in [6.45, 7) is 9.84. The molecule has 3 aromatic rings. The van der Waals surface area contributed by atoms with Gasteiger partial charge in [0.15, 0.2) is 0 Å². The SMILES string of the molecule is COc1ccc2c(=O)n(-c3cccc(B4OC(C)(C)C(C)(C)O4)c3C)c(=O)n(C)c2c1. The van der Waals surface area contributed by atoms with Crippen molar-refractivity contribution in [3.8, 4) is 11.4 Å². The van der Waals surface area contributed by atoms with Crippen LogP contribution in [0.15, 0.2) is 46.0 Å². The summed E-state index contributed by atoms with van der Waals surface area (Å²) in [5, 5.41) is 0.434. The number of fused-ring (bicyclic) bond motifs is 1. The lowest BCUT2D eigenvalue weighted by Gasteiger charge is -2.32. The molecule has 8 heteroatoms. The van der Waals surface area contributed by atoms with Crippen molar-refractivity contribution < 1.29 is 14.0 Å². The summed E-state index contributed by atoms with van der Waals surface area (Å²) in [5.74, 6) is 0.582. The number of methoxy groups -OCH3 is 1. The highest BCUT2D eigenvalue weighted by Gasteiger charge is 2.52. The quantitative estimate of drug-likeness (QED) is 0.606. The van der Waals surface area contributed by atoms with Crippen LogP contribution in [0.3, 0.4) is 0 Å². The lowest BCUT2D eigenvalue weighted by molar-refractivity contribution is 0.00578. The average Bonchev–Trinajstić information content (AvgIpc) is 2.94. The van der Waals surface area contributed by atoms with Gasteiger partial charge in [-0.25, -0.2) is 9.36 Å². The summed E-state index contributed by atoms with van der Waals surface area (Å²) in [6, 6.07) is 10.6. The third kappa shape index (κ3) is 3.21. The second kappa shape index (κ2) is 7.10. The van der Waals surface area contributed by atoms with Gasteiger partial charge in [-0.2, -0.15) is 0 Å². The Morgan fingerprint density at radius 2 is 1.65 bits per heavy atom. The number of rotatable bonds is 3. The molecule has 1 aliphatic heterocycles. The number of ether oxygens (including phenoxy) is 1.